The highest BCUT2D eigenvalue weighted by Gasteiger charge is 2.28. The van der Waals surface area contributed by atoms with Gasteiger partial charge in [0, 0.05) is 12.2 Å². The standard InChI is InChI=1S/C19H21F3N6S/c1-10-3-4-12(7-10)26-16-15(17-27-13-8-23-6-5-14(13)29-17)11(2)25-18(28-16)24-9-19(20,21)22/h5-6,8,10,12H,3-4,7,9H2,1-2H3,(H2,24,25,26,28)/t10-,12+/m1/s1. The summed E-state index contributed by atoms with van der Waals surface area (Å²) in [6, 6.07) is 2.11. The molecule has 0 spiro atoms. The van der Waals surface area contributed by atoms with Gasteiger partial charge < -0.3 is 10.6 Å². The van der Waals surface area contributed by atoms with E-state index in [1.807, 2.05) is 6.07 Å². The topological polar surface area (TPSA) is 75.6 Å². The maximum absolute atomic E-state index is 12.6. The van der Waals surface area contributed by atoms with Crippen molar-refractivity contribution in [1.82, 2.24) is 19.9 Å². The largest absolute Gasteiger partial charge is 0.405 e. The summed E-state index contributed by atoms with van der Waals surface area (Å²) in [7, 11) is 0. The molecule has 3 aromatic heterocycles. The number of rotatable bonds is 5. The van der Waals surface area contributed by atoms with Gasteiger partial charge in [0.05, 0.1) is 22.2 Å². The van der Waals surface area contributed by atoms with Crippen molar-refractivity contribution in [3.8, 4) is 10.6 Å². The molecule has 154 valence electrons. The van der Waals surface area contributed by atoms with Crippen molar-refractivity contribution in [2.45, 2.75) is 45.3 Å². The van der Waals surface area contributed by atoms with Crippen LogP contribution in [0.25, 0.3) is 20.8 Å². The number of hydrogen-bond donors (Lipinski definition) is 2. The second-order valence-corrected chi connectivity index (χ2v) is 8.48. The van der Waals surface area contributed by atoms with E-state index >= 15 is 0 Å². The molecule has 3 aromatic rings. The van der Waals surface area contributed by atoms with Gasteiger partial charge in [-0.3, -0.25) is 4.98 Å². The van der Waals surface area contributed by atoms with Gasteiger partial charge in [0.25, 0.3) is 0 Å². The number of pyridine rings is 1. The van der Waals surface area contributed by atoms with E-state index in [4.69, 9.17) is 0 Å². The molecule has 2 atom stereocenters. The highest BCUT2D eigenvalue weighted by Crippen LogP contribution is 2.37. The summed E-state index contributed by atoms with van der Waals surface area (Å²) in [5.41, 5.74) is 2.07. The number of fused-ring (bicyclic) bond motifs is 1. The van der Waals surface area contributed by atoms with Crippen LogP contribution in [0.3, 0.4) is 0 Å². The molecule has 6 nitrogen and oxygen atoms in total. The Labute approximate surface area is 170 Å². The van der Waals surface area contributed by atoms with E-state index in [9.17, 15) is 13.2 Å². The summed E-state index contributed by atoms with van der Waals surface area (Å²) >= 11 is 1.49. The van der Waals surface area contributed by atoms with E-state index < -0.39 is 12.7 Å². The van der Waals surface area contributed by atoms with Gasteiger partial charge >= 0.3 is 6.18 Å². The molecule has 0 unspecified atom stereocenters. The predicted molar refractivity (Wildman–Crippen MR) is 108 cm³/mol. The summed E-state index contributed by atoms with van der Waals surface area (Å²) in [5.74, 6) is 1.09. The van der Waals surface area contributed by atoms with Crippen molar-refractivity contribution in [3.63, 3.8) is 0 Å². The molecule has 0 radical (unpaired) electrons. The van der Waals surface area contributed by atoms with E-state index in [1.165, 1.54) is 11.3 Å². The molecule has 0 saturated heterocycles. The predicted octanol–water partition coefficient (Wildman–Crippen LogP) is 5.03. The number of aromatic nitrogens is 4. The van der Waals surface area contributed by atoms with Crippen LogP contribution in [0, 0.1) is 12.8 Å². The van der Waals surface area contributed by atoms with Crippen molar-refractivity contribution in [2.24, 2.45) is 5.92 Å². The first kappa shape index (κ1) is 19.8. The van der Waals surface area contributed by atoms with E-state index in [2.05, 4.69) is 37.5 Å². The Balaban J connectivity index is 1.73. The first-order valence-corrected chi connectivity index (χ1v) is 10.3. The normalized spacial score (nSPS) is 19.6. The van der Waals surface area contributed by atoms with Crippen LogP contribution in [-0.2, 0) is 0 Å². The third-order valence-electron chi connectivity index (χ3n) is 4.98. The summed E-state index contributed by atoms with van der Waals surface area (Å²) < 4.78 is 38.9. The third-order valence-corrected chi connectivity index (χ3v) is 6.03. The molecule has 0 aliphatic heterocycles. The Morgan fingerprint density at radius 2 is 2.03 bits per heavy atom. The average molecular weight is 422 g/mol. The molecular weight excluding hydrogens is 401 g/mol. The number of nitrogens with one attached hydrogen (secondary N) is 2. The average Bonchev–Trinajstić information content (AvgIpc) is 3.25. The van der Waals surface area contributed by atoms with Crippen LogP contribution in [0.5, 0.6) is 0 Å². The molecule has 29 heavy (non-hydrogen) atoms. The van der Waals surface area contributed by atoms with Crippen LogP contribution in [0.1, 0.15) is 31.9 Å². The van der Waals surface area contributed by atoms with Crippen LogP contribution in [0.15, 0.2) is 18.5 Å². The second-order valence-electron chi connectivity index (χ2n) is 7.45. The fraction of sp³-hybridized carbons (Fsp3) is 0.474. The molecule has 0 bridgehead atoms. The SMILES string of the molecule is Cc1nc(NCC(F)(F)F)nc(N[C@H]2CC[C@@H](C)C2)c1-c1nc2cnccc2s1. The first-order chi connectivity index (χ1) is 13.8. The van der Waals surface area contributed by atoms with Gasteiger partial charge in [-0.15, -0.1) is 11.3 Å². The quantitative estimate of drug-likeness (QED) is 0.601. The minimum absolute atomic E-state index is 0.0418. The van der Waals surface area contributed by atoms with Crippen LogP contribution >= 0.6 is 11.3 Å². The Morgan fingerprint density at radius 3 is 2.72 bits per heavy atom. The number of alkyl halides is 3. The van der Waals surface area contributed by atoms with Gasteiger partial charge in [0.15, 0.2) is 0 Å². The minimum Gasteiger partial charge on any atom is -0.367 e. The molecule has 1 aliphatic carbocycles. The minimum atomic E-state index is -4.34. The zero-order valence-corrected chi connectivity index (χ0v) is 16.9. The zero-order valence-electron chi connectivity index (χ0n) is 16.0. The Kier molecular flexibility index (Phi) is 5.28. The molecule has 4 rings (SSSR count). The fourth-order valence-corrected chi connectivity index (χ4v) is 4.64. The van der Waals surface area contributed by atoms with Crippen LogP contribution < -0.4 is 10.6 Å². The van der Waals surface area contributed by atoms with Gasteiger partial charge in [-0.05, 0) is 38.2 Å². The molecule has 0 amide bonds. The Morgan fingerprint density at radius 1 is 1.21 bits per heavy atom. The van der Waals surface area contributed by atoms with Crippen LogP contribution in [-0.4, -0.2) is 38.7 Å². The molecule has 0 aromatic carbocycles. The second kappa shape index (κ2) is 7.74. The third kappa shape index (κ3) is 4.58. The Hall–Kier alpha value is -2.49. The summed E-state index contributed by atoms with van der Waals surface area (Å²) in [6.07, 6.45) is 2.16. The molecular formula is C19H21F3N6S. The fourth-order valence-electron chi connectivity index (χ4n) is 3.61. The summed E-state index contributed by atoms with van der Waals surface area (Å²) in [4.78, 5) is 17.4. The summed E-state index contributed by atoms with van der Waals surface area (Å²) in [6.45, 7) is 2.78. The summed E-state index contributed by atoms with van der Waals surface area (Å²) in [5, 5.41) is 6.45. The molecule has 1 saturated carbocycles. The Bertz CT molecular complexity index is 986. The van der Waals surface area contributed by atoms with Gasteiger partial charge in [0.1, 0.15) is 22.9 Å². The molecule has 1 aliphatic rings. The highest BCUT2D eigenvalue weighted by molar-refractivity contribution is 7.21. The number of nitrogens with zero attached hydrogens (tertiary/aromatic N) is 4. The lowest BCUT2D eigenvalue weighted by atomic mass is 10.1. The van der Waals surface area contributed by atoms with Crippen molar-refractivity contribution >= 4 is 33.3 Å². The van der Waals surface area contributed by atoms with E-state index in [-0.39, 0.29) is 12.0 Å². The van der Waals surface area contributed by atoms with E-state index in [0.29, 0.717) is 17.4 Å². The van der Waals surface area contributed by atoms with Crippen molar-refractivity contribution in [3.05, 3.63) is 24.2 Å². The lowest BCUT2D eigenvalue weighted by molar-refractivity contribution is -0.115. The van der Waals surface area contributed by atoms with Crippen molar-refractivity contribution in [2.75, 3.05) is 17.2 Å². The zero-order chi connectivity index (χ0) is 20.6. The molecule has 1 fully saturated rings. The number of halogens is 3. The van der Waals surface area contributed by atoms with Gasteiger partial charge in [0.2, 0.25) is 5.95 Å². The monoisotopic (exact) mass is 422 g/mol. The molecule has 10 heteroatoms. The smallest absolute Gasteiger partial charge is 0.367 e. The van der Waals surface area contributed by atoms with E-state index in [1.54, 1.807) is 19.3 Å². The number of anilines is 2. The molecule has 2 N–H and O–H groups in total. The number of thiazole rings is 1. The maximum atomic E-state index is 12.6. The van der Waals surface area contributed by atoms with Crippen molar-refractivity contribution in [1.29, 1.82) is 0 Å². The van der Waals surface area contributed by atoms with E-state index in [0.717, 1.165) is 40.1 Å². The van der Waals surface area contributed by atoms with Crippen molar-refractivity contribution < 1.29 is 13.2 Å². The highest BCUT2D eigenvalue weighted by atomic mass is 32.1. The van der Waals surface area contributed by atoms with Crippen LogP contribution in [0.2, 0.25) is 0 Å². The number of aryl methyl sites for hydroxylation is 1. The van der Waals surface area contributed by atoms with Gasteiger partial charge in [-0.2, -0.15) is 18.2 Å². The maximum Gasteiger partial charge on any atom is 0.405 e. The van der Waals surface area contributed by atoms with Gasteiger partial charge in [-0.1, -0.05) is 6.92 Å². The molecule has 3 heterocycles. The number of hydrogen-bond acceptors (Lipinski definition) is 7. The van der Waals surface area contributed by atoms with Crippen LogP contribution in [0.4, 0.5) is 24.9 Å². The van der Waals surface area contributed by atoms with Gasteiger partial charge in [-0.25, -0.2) is 9.97 Å². The first-order valence-electron chi connectivity index (χ1n) is 9.45. The lowest BCUT2D eigenvalue weighted by Crippen LogP contribution is -2.23. The lowest BCUT2D eigenvalue weighted by Gasteiger charge is -2.18.